The number of nitrogens with zero attached hydrogens (tertiary/aromatic N) is 4. The fourth-order valence-corrected chi connectivity index (χ4v) is 1.13. The van der Waals surface area contributed by atoms with Gasteiger partial charge in [0, 0.05) is 0 Å². The second-order valence-corrected chi connectivity index (χ2v) is 2.96. The second kappa shape index (κ2) is 2.95. The molecule has 0 aromatic carbocycles. The third kappa shape index (κ3) is 1.73. The molecule has 7 heteroatoms. The van der Waals surface area contributed by atoms with E-state index in [0.717, 1.165) is 0 Å². The molecule has 0 unspecified atom stereocenters. The maximum Gasteiger partial charge on any atom is 0.308 e. The number of carboxylic acid groups (broad SMARTS) is 1. The SMILES string of the molecule is CSC1(CC(=O)O)N=NN=N1. The van der Waals surface area contributed by atoms with Crippen LogP contribution < -0.4 is 0 Å². The highest BCUT2D eigenvalue weighted by Gasteiger charge is 2.34. The smallest absolute Gasteiger partial charge is 0.308 e. The zero-order valence-corrected chi connectivity index (χ0v) is 6.58. The first-order valence-corrected chi connectivity index (χ1v) is 4.02. The molecule has 6 nitrogen and oxygen atoms in total. The van der Waals surface area contributed by atoms with Gasteiger partial charge in [-0.25, -0.2) is 0 Å². The molecule has 0 aromatic rings. The number of hydrogen-bond acceptors (Lipinski definition) is 6. The van der Waals surface area contributed by atoms with E-state index in [2.05, 4.69) is 20.7 Å². The highest BCUT2D eigenvalue weighted by molar-refractivity contribution is 7.99. The first-order valence-electron chi connectivity index (χ1n) is 2.79. The van der Waals surface area contributed by atoms with Crippen LogP contribution in [0.3, 0.4) is 0 Å². The lowest BCUT2D eigenvalue weighted by atomic mass is 10.3. The number of aliphatic carboxylic acids is 1. The predicted octanol–water partition coefficient (Wildman–Crippen LogP) is 1.31. The third-order valence-electron chi connectivity index (χ3n) is 1.15. The molecule has 0 radical (unpaired) electrons. The van der Waals surface area contributed by atoms with Crippen molar-refractivity contribution in [2.24, 2.45) is 20.7 Å². The summed E-state index contributed by atoms with van der Waals surface area (Å²) in [4.78, 5) is 9.29. The van der Waals surface area contributed by atoms with E-state index in [9.17, 15) is 4.79 Å². The number of hydrogen-bond donors (Lipinski definition) is 1. The molecule has 0 atom stereocenters. The van der Waals surface area contributed by atoms with Crippen LogP contribution in [0.1, 0.15) is 6.42 Å². The summed E-state index contributed by atoms with van der Waals surface area (Å²) in [5, 5.41) is 22.2. The largest absolute Gasteiger partial charge is 0.481 e. The van der Waals surface area contributed by atoms with Crippen LogP contribution in [0.2, 0.25) is 0 Å². The van der Waals surface area contributed by atoms with Gasteiger partial charge in [0.1, 0.15) is 6.42 Å². The zero-order chi connectivity index (χ0) is 8.32. The summed E-state index contributed by atoms with van der Waals surface area (Å²) in [5.74, 6) is -0.959. The quantitative estimate of drug-likeness (QED) is 0.699. The van der Waals surface area contributed by atoms with E-state index in [1.165, 1.54) is 11.8 Å². The van der Waals surface area contributed by atoms with Gasteiger partial charge in [-0.3, -0.25) is 4.79 Å². The van der Waals surface area contributed by atoms with E-state index in [-0.39, 0.29) is 6.42 Å². The molecule has 1 rings (SSSR count). The van der Waals surface area contributed by atoms with Crippen molar-refractivity contribution in [3.63, 3.8) is 0 Å². The molecule has 0 saturated carbocycles. The topological polar surface area (TPSA) is 86.7 Å². The minimum atomic E-state index is -1.01. The number of carboxylic acids is 1. The molecule has 0 amide bonds. The number of rotatable bonds is 3. The van der Waals surface area contributed by atoms with Gasteiger partial charge in [0.2, 0.25) is 0 Å². The van der Waals surface area contributed by atoms with Crippen LogP contribution in [0.15, 0.2) is 20.7 Å². The van der Waals surface area contributed by atoms with Crippen molar-refractivity contribution >= 4 is 17.7 Å². The van der Waals surface area contributed by atoms with Crippen LogP contribution in [0.5, 0.6) is 0 Å². The Morgan fingerprint density at radius 2 is 2.09 bits per heavy atom. The van der Waals surface area contributed by atoms with Gasteiger partial charge in [0.15, 0.2) is 0 Å². The van der Waals surface area contributed by atoms with Crippen molar-refractivity contribution in [2.45, 2.75) is 11.4 Å². The molecule has 1 N–H and O–H groups in total. The van der Waals surface area contributed by atoms with Gasteiger partial charge in [0.05, 0.1) is 0 Å². The second-order valence-electron chi connectivity index (χ2n) is 1.90. The Bertz CT molecular complexity index is 214. The third-order valence-corrected chi connectivity index (χ3v) is 2.11. The summed E-state index contributed by atoms with van der Waals surface area (Å²) in [7, 11) is 0. The molecule has 1 aliphatic rings. The Kier molecular flexibility index (Phi) is 2.18. The lowest BCUT2D eigenvalue weighted by Gasteiger charge is -2.12. The van der Waals surface area contributed by atoms with Crippen molar-refractivity contribution in [2.75, 3.05) is 6.26 Å². The highest BCUT2D eigenvalue weighted by Crippen LogP contribution is 2.34. The Hall–Kier alpha value is -0.980. The van der Waals surface area contributed by atoms with Crippen LogP contribution in [0, 0.1) is 0 Å². The molecule has 0 aromatic heterocycles. The molecule has 1 heterocycles. The lowest BCUT2D eigenvalue weighted by Crippen LogP contribution is -2.20. The summed E-state index contributed by atoms with van der Waals surface area (Å²) in [6.45, 7) is 0. The van der Waals surface area contributed by atoms with E-state index < -0.39 is 11.0 Å². The molecule has 0 saturated heterocycles. The molecule has 0 bridgehead atoms. The minimum absolute atomic E-state index is 0.179. The first kappa shape index (κ1) is 8.12. The zero-order valence-electron chi connectivity index (χ0n) is 5.76. The van der Waals surface area contributed by atoms with E-state index in [1.807, 2.05) is 0 Å². The molecule has 0 fully saturated rings. The summed E-state index contributed by atoms with van der Waals surface area (Å²) >= 11 is 1.21. The van der Waals surface area contributed by atoms with Crippen LogP contribution >= 0.6 is 11.8 Å². The van der Waals surface area contributed by atoms with Gasteiger partial charge >= 0.3 is 5.97 Å². The van der Waals surface area contributed by atoms with Crippen LogP contribution in [-0.2, 0) is 4.79 Å². The Balaban J connectivity index is 2.69. The van der Waals surface area contributed by atoms with Crippen LogP contribution in [-0.4, -0.2) is 22.3 Å². The van der Waals surface area contributed by atoms with E-state index in [4.69, 9.17) is 5.11 Å². The molecule has 0 spiro atoms. The van der Waals surface area contributed by atoms with E-state index in [1.54, 1.807) is 6.26 Å². The van der Waals surface area contributed by atoms with Gasteiger partial charge in [-0.05, 0) is 16.7 Å². The van der Waals surface area contributed by atoms with E-state index >= 15 is 0 Å². The number of thioether (sulfide) groups is 1. The molecule has 60 valence electrons. The average Bonchev–Trinajstić information content (AvgIpc) is 2.36. The predicted molar refractivity (Wildman–Crippen MR) is 38.2 cm³/mol. The first-order chi connectivity index (χ1) is 5.18. The summed E-state index contributed by atoms with van der Waals surface area (Å²) < 4.78 is 0. The molecule has 0 aliphatic carbocycles. The maximum absolute atomic E-state index is 10.3. The standard InChI is InChI=1S/C4H6N4O2S/c1-11-4(2-3(9)10)5-7-8-6-4/h2H2,1H3,(H,9,10). The lowest BCUT2D eigenvalue weighted by molar-refractivity contribution is -0.137. The number of carbonyl (C=O) groups is 1. The summed E-state index contributed by atoms with van der Waals surface area (Å²) in [6.07, 6.45) is 1.54. The van der Waals surface area contributed by atoms with Crippen molar-refractivity contribution in [1.82, 2.24) is 0 Å². The van der Waals surface area contributed by atoms with Crippen molar-refractivity contribution in [3.05, 3.63) is 0 Å². The molecular formula is C4H6N4O2S. The minimum Gasteiger partial charge on any atom is -0.481 e. The van der Waals surface area contributed by atoms with Gasteiger partial charge < -0.3 is 5.11 Å². The van der Waals surface area contributed by atoms with Crippen molar-refractivity contribution in [3.8, 4) is 0 Å². The highest BCUT2D eigenvalue weighted by atomic mass is 32.2. The van der Waals surface area contributed by atoms with Gasteiger partial charge in [0.25, 0.3) is 4.99 Å². The van der Waals surface area contributed by atoms with Gasteiger partial charge in [-0.15, -0.1) is 22.0 Å². The normalized spacial score (nSPS) is 19.0. The van der Waals surface area contributed by atoms with Crippen LogP contribution in [0.4, 0.5) is 0 Å². The fraction of sp³-hybridized carbons (Fsp3) is 0.750. The Labute approximate surface area is 66.8 Å². The summed E-state index contributed by atoms with van der Waals surface area (Å²) in [5.41, 5.74) is 0. The maximum atomic E-state index is 10.3. The molecule has 1 aliphatic heterocycles. The average molecular weight is 174 g/mol. The molecular weight excluding hydrogens is 168 g/mol. The monoisotopic (exact) mass is 174 g/mol. The summed E-state index contributed by atoms with van der Waals surface area (Å²) in [6, 6.07) is 0. The van der Waals surface area contributed by atoms with Gasteiger partial charge in [-0.2, -0.15) is 0 Å². The van der Waals surface area contributed by atoms with Crippen molar-refractivity contribution in [1.29, 1.82) is 0 Å². The van der Waals surface area contributed by atoms with E-state index in [0.29, 0.717) is 0 Å². The Morgan fingerprint density at radius 3 is 2.45 bits per heavy atom. The van der Waals surface area contributed by atoms with Gasteiger partial charge in [-0.1, -0.05) is 0 Å². The van der Waals surface area contributed by atoms with Crippen LogP contribution in [0.25, 0.3) is 0 Å². The molecule has 11 heavy (non-hydrogen) atoms. The Morgan fingerprint density at radius 1 is 1.55 bits per heavy atom. The fourth-order valence-electron chi connectivity index (χ4n) is 0.621. The van der Waals surface area contributed by atoms with Crippen molar-refractivity contribution < 1.29 is 9.90 Å².